The summed E-state index contributed by atoms with van der Waals surface area (Å²) in [7, 11) is 0. The number of aryl methyl sites for hydroxylation is 6. The van der Waals surface area contributed by atoms with Crippen molar-refractivity contribution in [2.75, 3.05) is 0 Å². The van der Waals surface area contributed by atoms with Crippen molar-refractivity contribution in [3.63, 3.8) is 0 Å². The number of fused-ring (bicyclic) bond motifs is 4. The van der Waals surface area contributed by atoms with Crippen LogP contribution in [0, 0.1) is 66.2 Å². The predicted octanol–water partition coefficient (Wildman–Crippen LogP) is 11.5. The van der Waals surface area contributed by atoms with Gasteiger partial charge in [-0.25, -0.2) is 20.0 Å². The van der Waals surface area contributed by atoms with Gasteiger partial charge in [0.2, 0.25) is 0 Å². The van der Waals surface area contributed by atoms with Crippen LogP contribution in [-0.4, -0.2) is 22.8 Å². The topological polar surface area (TPSA) is 49.4 Å². The van der Waals surface area contributed by atoms with Gasteiger partial charge >= 0.3 is 0 Å². The van der Waals surface area contributed by atoms with E-state index in [0.717, 1.165) is 124 Å². The fourth-order valence-electron chi connectivity index (χ4n) is 8.81. The van der Waals surface area contributed by atoms with E-state index >= 15 is 0 Å². The fourth-order valence-corrected chi connectivity index (χ4v) is 8.81. The molecule has 4 aromatic carbocycles. The molecule has 276 valence electrons. The molecule has 0 atom stereocenters. The van der Waals surface area contributed by atoms with E-state index in [0.29, 0.717) is 0 Å². The van der Waals surface area contributed by atoms with E-state index in [-0.39, 0.29) is 0 Å². The largest absolute Gasteiger partial charge is 0.248 e. The first-order valence-corrected chi connectivity index (χ1v) is 19.5. The van der Waals surface area contributed by atoms with Crippen LogP contribution in [0.5, 0.6) is 0 Å². The number of hydrogen-bond donors (Lipinski definition) is 0. The summed E-state index contributed by atoms with van der Waals surface area (Å²) in [5.41, 5.74) is 23.2. The second kappa shape index (κ2) is 14.3. The molecule has 4 heteroatoms. The van der Waals surface area contributed by atoms with Crippen LogP contribution in [-0.2, 0) is 0 Å². The van der Waals surface area contributed by atoms with E-state index in [9.17, 15) is 0 Å². The van der Waals surface area contributed by atoms with Crippen LogP contribution in [0.3, 0.4) is 0 Å². The number of rotatable bonds is 4. The molecule has 58 heavy (non-hydrogen) atoms. The summed E-state index contributed by atoms with van der Waals surface area (Å²) >= 11 is 0. The third kappa shape index (κ3) is 6.26. The number of benzene rings is 4. The SMILES string of the molecule is C#Cc1ccc(C2=C3C=CC(=N3)C(c3c(C)cc(C)cc3C)=C3C=CC(=N3)C(c3ccc(C#C)cc3)=C3C=CC(=N3)C(c3c(C)cc(C)cc3C)=C3C=CC2=N3)cc1. The van der Waals surface area contributed by atoms with Gasteiger partial charge in [0.15, 0.2) is 0 Å². The molecule has 0 unspecified atom stereocenters. The first-order chi connectivity index (χ1) is 28.1. The summed E-state index contributed by atoms with van der Waals surface area (Å²) < 4.78 is 0. The Bertz CT molecular complexity index is 2760. The third-order valence-electron chi connectivity index (χ3n) is 11.1. The van der Waals surface area contributed by atoms with Crippen molar-refractivity contribution in [3.05, 3.63) is 211 Å². The van der Waals surface area contributed by atoms with Crippen molar-refractivity contribution in [1.29, 1.82) is 0 Å². The van der Waals surface area contributed by atoms with E-state index in [1.807, 2.05) is 24.3 Å². The Labute approximate surface area is 341 Å². The minimum Gasteiger partial charge on any atom is -0.248 e. The summed E-state index contributed by atoms with van der Waals surface area (Å²) in [5.74, 6) is 5.53. The van der Waals surface area contributed by atoms with E-state index < -0.39 is 0 Å². The van der Waals surface area contributed by atoms with Crippen molar-refractivity contribution < 1.29 is 0 Å². The summed E-state index contributed by atoms with van der Waals surface area (Å²) in [6.45, 7) is 12.9. The first-order valence-electron chi connectivity index (χ1n) is 19.5. The van der Waals surface area contributed by atoms with Gasteiger partial charge in [0.1, 0.15) is 0 Å². The molecule has 0 N–H and O–H groups in total. The smallest absolute Gasteiger partial charge is 0.0738 e. The van der Waals surface area contributed by atoms with Gasteiger partial charge in [-0.3, -0.25) is 0 Å². The molecule has 0 aromatic heterocycles. The first kappa shape index (κ1) is 36.3. The number of terminal acetylenes is 2. The molecule has 0 fully saturated rings. The lowest BCUT2D eigenvalue weighted by Crippen LogP contribution is -2.06. The van der Waals surface area contributed by atoms with Crippen molar-refractivity contribution in [2.24, 2.45) is 20.0 Å². The van der Waals surface area contributed by atoms with Crippen LogP contribution in [0.25, 0.3) is 22.3 Å². The van der Waals surface area contributed by atoms with E-state index in [1.54, 1.807) is 0 Å². The number of aliphatic imine (C=N–C) groups is 4. The minimum atomic E-state index is 0.811. The van der Waals surface area contributed by atoms with Crippen LogP contribution >= 0.6 is 0 Å². The van der Waals surface area contributed by atoms with E-state index in [2.05, 4.69) is 151 Å². The van der Waals surface area contributed by atoms with E-state index in [4.69, 9.17) is 32.8 Å². The van der Waals surface area contributed by atoms with Gasteiger partial charge < -0.3 is 0 Å². The lowest BCUT2D eigenvalue weighted by atomic mass is 9.90. The highest BCUT2D eigenvalue weighted by atomic mass is 14.9. The van der Waals surface area contributed by atoms with Crippen LogP contribution in [0.15, 0.2) is 164 Å². The number of nitrogens with zero attached hydrogens (tertiary/aromatic N) is 4. The maximum absolute atomic E-state index is 5.80. The molecule has 5 heterocycles. The lowest BCUT2D eigenvalue weighted by Gasteiger charge is -2.17. The molecular formula is C54H40N4. The molecular weight excluding hydrogens is 705 g/mol. The zero-order valence-electron chi connectivity index (χ0n) is 33.5. The van der Waals surface area contributed by atoms with Gasteiger partial charge in [-0.1, -0.05) is 71.5 Å². The van der Waals surface area contributed by atoms with E-state index in [1.165, 1.54) is 11.1 Å². The zero-order valence-corrected chi connectivity index (χ0v) is 33.5. The Morgan fingerprint density at radius 1 is 0.362 bits per heavy atom. The normalized spacial score (nSPS) is 16.6. The molecule has 0 saturated carbocycles. The second-order valence-electron chi connectivity index (χ2n) is 15.4. The van der Waals surface area contributed by atoms with Crippen molar-refractivity contribution in [1.82, 2.24) is 0 Å². The van der Waals surface area contributed by atoms with Gasteiger partial charge in [-0.05, 0) is 159 Å². The van der Waals surface area contributed by atoms with Crippen LogP contribution in [0.1, 0.15) is 66.8 Å². The Morgan fingerprint density at radius 3 is 0.931 bits per heavy atom. The molecule has 9 rings (SSSR count). The Balaban J connectivity index is 1.40. The fraction of sp³-hybridized carbons (Fsp3) is 0.111. The van der Waals surface area contributed by atoms with Crippen molar-refractivity contribution in [3.8, 4) is 24.7 Å². The maximum Gasteiger partial charge on any atom is 0.0738 e. The average molecular weight is 745 g/mol. The zero-order chi connectivity index (χ0) is 40.2. The number of hydrogen-bond acceptors (Lipinski definition) is 4. The summed E-state index contributed by atoms with van der Waals surface area (Å²) in [6, 6.07) is 25.1. The molecule has 0 spiro atoms. The maximum atomic E-state index is 5.80. The van der Waals surface area contributed by atoms with Crippen molar-refractivity contribution >= 4 is 45.1 Å². The molecule has 4 nitrogen and oxygen atoms in total. The van der Waals surface area contributed by atoms with Gasteiger partial charge in [0, 0.05) is 33.4 Å². The molecule has 0 aliphatic carbocycles. The monoisotopic (exact) mass is 744 g/mol. The van der Waals surface area contributed by atoms with Crippen LogP contribution < -0.4 is 0 Å². The molecule has 4 aromatic rings. The lowest BCUT2D eigenvalue weighted by molar-refractivity contribution is 1.28. The molecule has 0 amide bonds. The summed E-state index contributed by atoms with van der Waals surface area (Å²) in [5, 5.41) is 0. The molecule has 5 aliphatic heterocycles. The predicted molar refractivity (Wildman–Crippen MR) is 244 cm³/mol. The highest BCUT2D eigenvalue weighted by Crippen LogP contribution is 2.40. The average Bonchev–Trinajstić information content (AvgIpc) is 4.05. The van der Waals surface area contributed by atoms with Gasteiger partial charge in [0.05, 0.1) is 45.6 Å². The quantitative estimate of drug-likeness (QED) is 0.187. The Hall–Kier alpha value is -7.40. The highest BCUT2D eigenvalue weighted by Gasteiger charge is 2.29. The second-order valence-corrected chi connectivity index (χ2v) is 15.4. The van der Waals surface area contributed by atoms with Gasteiger partial charge in [0.25, 0.3) is 0 Å². The van der Waals surface area contributed by atoms with Crippen molar-refractivity contribution in [2.45, 2.75) is 41.5 Å². The summed E-state index contributed by atoms with van der Waals surface area (Å²) in [4.78, 5) is 21.8. The van der Waals surface area contributed by atoms with Crippen LogP contribution in [0.2, 0.25) is 0 Å². The summed E-state index contributed by atoms with van der Waals surface area (Å²) in [6.07, 6.45) is 28.4. The number of allylic oxidation sites excluding steroid dienone is 12. The molecule has 0 radical (unpaired) electrons. The molecule has 8 bridgehead atoms. The van der Waals surface area contributed by atoms with Gasteiger partial charge in [-0.15, -0.1) is 12.8 Å². The third-order valence-corrected chi connectivity index (χ3v) is 11.1. The Morgan fingerprint density at radius 2 is 0.638 bits per heavy atom. The standard InChI is InChI=1S/C54H40N4/c1-9-37-11-15-39(16-12-37)51-41-19-23-45(55-41)53(49-33(5)27-31(3)28-34(49)6)47-25-21-43(57-47)52(40-17-13-38(10-2)14-18-40)44-22-26-48(58-44)54(46-24-20-42(51)56-46)50-35(7)29-32(4)30-36(50)8/h1-2,11-30H,3-8H3. The highest BCUT2D eigenvalue weighted by molar-refractivity contribution is 6.40. The van der Waals surface area contributed by atoms with Crippen LogP contribution in [0.4, 0.5) is 0 Å². The van der Waals surface area contributed by atoms with Gasteiger partial charge in [-0.2, -0.15) is 0 Å². The molecule has 0 saturated heterocycles. The minimum absolute atomic E-state index is 0.811. The Kier molecular flexibility index (Phi) is 8.92. The molecule has 5 aliphatic rings.